The Hall–Kier alpha value is -5.44. The number of amides is 4. The second-order valence-electron chi connectivity index (χ2n) is 15.5. The third kappa shape index (κ3) is 7.31. The van der Waals surface area contributed by atoms with Crippen molar-refractivity contribution >= 4 is 39.4 Å². The molecule has 3 fully saturated rings. The highest BCUT2D eigenvalue weighted by molar-refractivity contribution is 7.91. The first-order valence-corrected chi connectivity index (χ1v) is 20.9. The molecule has 2 aromatic carbocycles. The number of hydrogen-bond acceptors (Lipinski definition) is 10. The summed E-state index contributed by atoms with van der Waals surface area (Å²) in [5, 5.41) is 9.79. The van der Waals surface area contributed by atoms with Crippen LogP contribution in [0.15, 0.2) is 72.0 Å². The molecule has 1 aromatic heterocycles. The van der Waals surface area contributed by atoms with Crippen molar-refractivity contribution in [2.24, 2.45) is 11.1 Å². The van der Waals surface area contributed by atoms with Crippen molar-refractivity contribution in [3.05, 3.63) is 95.1 Å². The fraction of sp³-hybridized carbons (Fsp3) is 0.439. The quantitative estimate of drug-likeness (QED) is 0.186. The Morgan fingerprint density at radius 3 is 2.34 bits per heavy atom. The molecule has 5 atom stereocenters. The Morgan fingerprint density at radius 2 is 1.66 bits per heavy atom. The molecule has 15 heteroatoms. The number of hydrogen-bond donors (Lipinski definition) is 3. The second-order valence-corrected chi connectivity index (χ2v) is 17.4. The first kappa shape index (κ1) is 37.5. The van der Waals surface area contributed by atoms with Crippen LogP contribution in [0.25, 0.3) is 11.1 Å². The van der Waals surface area contributed by atoms with Crippen molar-refractivity contribution in [2.75, 3.05) is 6.54 Å². The highest BCUT2D eigenvalue weighted by atomic mass is 32.2. The van der Waals surface area contributed by atoms with E-state index < -0.39 is 68.5 Å². The molecule has 3 aliphatic carbocycles. The lowest BCUT2D eigenvalue weighted by atomic mass is 10.0. The van der Waals surface area contributed by atoms with E-state index in [4.69, 9.17) is 4.84 Å². The van der Waals surface area contributed by atoms with Gasteiger partial charge in [-0.1, -0.05) is 78.7 Å². The Morgan fingerprint density at radius 1 is 0.964 bits per heavy atom. The number of benzene rings is 2. The van der Waals surface area contributed by atoms with Gasteiger partial charge in [0.15, 0.2) is 0 Å². The molecule has 0 spiro atoms. The van der Waals surface area contributed by atoms with E-state index in [1.165, 1.54) is 11.1 Å². The van der Waals surface area contributed by atoms with E-state index in [0.717, 1.165) is 35.1 Å². The van der Waals surface area contributed by atoms with E-state index in [0.29, 0.717) is 49.3 Å². The first-order chi connectivity index (χ1) is 26.9. The summed E-state index contributed by atoms with van der Waals surface area (Å²) < 4.78 is 28.0. The molecule has 1 saturated heterocycles. The molecule has 3 N–H and O–H groups in total. The van der Waals surface area contributed by atoms with Gasteiger partial charge in [0.25, 0.3) is 11.8 Å². The molecule has 2 unspecified atom stereocenters. The molecule has 56 heavy (non-hydrogen) atoms. The summed E-state index contributed by atoms with van der Waals surface area (Å²) in [6.45, 7) is 3.41. The zero-order valence-corrected chi connectivity index (χ0v) is 32.2. The number of fused-ring (bicyclic) bond motifs is 5. The van der Waals surface area contributed by atoms with Crippen LogP contribution >= 0.6 is 0 Å². The SMILES string of the molecule is Cc1ncc(C(=O)N[C@H]2CCCCC/C=C\C3CC3(C(=O)NS(=O)(=O)C3CC3)NC(=O)[C@@H]3C[C@@H](ON=C4c5ccccc5-c5ccccc54)CN3C2=O)c(C)n1. The summed E-state index contributed by atoms with van der Waals surface area (Å²) in [5.41, 5.74) is 3.68. The van der Waals surface area contributed by atoms with Crippen LogP contribution in [0.2, 0.25) is 0 Å². The van der Waals surface area contributed by atoms with Gasteiger partial charge in [-0.3, -0.25) is 23.9 Å². The largest absolute Gasteiger partial charge is 0.390 e. The van der Waals surface area contributed by atoms with Gasteiger partial charge in [0.2, 0.25) is 21.8 Å². The molecule has 8 rings (SSSR count). The van der Waals surface area contributed by atoms with Gasteiger partial charge in [-0.05, 0) is 63.5 Å². The number of carbonyl (C=O) groups excluding carboxylic acids is 4. The average molecular weight is 780 g/mol. The number of allylic oxidation sites excluding steroid dienone is 1. The van der Waals surface area contributed by atoms with Crippen LogP contribution in [0.5, 0.6) is 0 Å². The monoisotopic (exact) mass is 779 g/mol. The average Bonchev–Trinajstić information content (AvgIpc) is 4.08. The number of sulfonamides is 1. The van der Waals surface area contributed by atoms with E-state index >= 15 is 0 Å². The molecule has 292 valence electrons. The highest BCUT2D eigenvalue weighted by Crippen LogP contribution is 2.46. The number of carbonyl (C=O) groups is 4. The van der Waals surface area contributed by atoms with Crippen LogP contribution in [0.3, 0.4) is 0 Å². The van der Waals surface area contributed by atoms with Crippen molar-refractivity contribution in [3.63, 3.8) is 0 Å². The molecule has 0 radical (unpaired) electrons. The number of aryl methyl sites for hydroxylation is 2. The summed E-state index contributed by atoms with van der Waals surface area (Å²) in [6, 6.07) is 13.6. The van der Waals surface area contributed by atoms with Crippen LogP contribution < -0.4 is 15.4 Å². The molecule has 0 bridgehead atoms. The van der Waals surface area contributed by atoms with Crippen LogP contribution in [-0.4, -0.2) is 88.1 Å². The van der Waals surface area contributed by atoms with E-state index in [2.05, 4.69) is 30.5 Å². The molecule has 2 saturated carbocycles. The lowest BCUT2D eigenvalue weighted by Crippen LogP contribution is -2.58. The van der Waals surface area contributed by atoms with Gasteiger partial charge in [0, 0.05) is 29.7 Å². The van der Waals surface area contributed by atoms with Gasteiger partial charge in [-0.2, -0.15) is 0 Å². The highest BCUT2D eigenvalue weighted by Gasteiger charge is 2.62. The third-order valence-electron chi connectivity index (χ3n) is 11.4. The molecule has 3 heterocycles. The van der Waals surface area contributed by atoms with Gasteiger partial charge in [-0.15, -0.1) is 0 Å². The Labute approximate surface area is 325 Å². The summed E-state index contributed by atoms with van der Waals surface area (Å²) >= 11 is 0. The van der Waals surface area contributed by atoms with Crippen molar-refractivity contribution in [3.8, 4) is 11.1 Å². The molecular formula is C41H45N7O7S. The summed E-state index contributed by atoms with van der Waals surface area (Å²) in [6.07, 6.45) is 8.93. The lowest BCUT2D eigenvalue weighted by Gasteiger charge is -2.30. The molecule has 5 aliphatic rings. The standard InChI is InChI=1S/C41H45N7O7S/c1-24-33(22-42-25(2)43-24)37(49)44-34-17-7-5-3-4-6-12-26-21-41(26,40(52)47-56(53,54)28-18-19-28)45-38(50)35-20-27(23-48(35)39(34)51)55-46-36-31-15-10-8-13-29(31)30-14-9-11-16-32(30)36/h6,8-16,22,26-28,34-35H,3-5,7,17-21,23H2,1-2H3,(H,44,49)(H,45,50)(H,47,52)/b12-6-/t26?,27-,34+,35+,41?/m1/s1. The van der Waals surface area contributed by atoms with Crippen molar-refractivity contribution < 1.29 is 32.4 Å². The lowest BCUT2D eigenvalue weighted by molar-refractivity contribution is -0.141. The molecular weight excluding hydrogens is 735 g/mol. The normalized spacial score (nSPS) is 26.6. The van der Waals surface area contributed by atoms with Gasteiger partial charge < -0.3 is 20.4 Å². The zero-order valence-electron chi connectivity index (χ0n) is 31.4. The van der Waals surface area contributed by atoms with Gasteiger partial charge in [0.05, 0.1) is 23.1 Å². The smallest absolute Gasteiger partial charge is 0.259 e. The minimum Gasteiger partial charge on any atom is -0.390 e. The number of nitrogens with zero attached hydrogens (tertiary/aromatic N) is 4. The second kappa shape index (κ2) is 14.9. The summed E-state index contributed by atoms with van der Waals surface area (Å²) in [4.78, 5) is 72.6. The Balaban J connectivity index is 1.10. The summed E-state index contributed by atoms with van der Waals surface area (Å²) in [5.74, 6) is -2.30. The van der Waals surface area contributed by atoms with Crippen LogP contribution in [0.1, 0.15) is 90.8 Å². The first-order valence-electron chi connectivity index (χ1n) is 19.3. The van der Waals surface area contributed by atoms with Gasteiger partial charge >= 0.3 is 0 Å². The number of oxime groups is 1. The predicted molar refractivity (Wildman–Crippen MR) is 207 cm³/mol. The summed E-state index contributed by atoms with van der Waals surface area (Å²) in [7, 11) is -3.89. The molecule has 2 aliphatic heterocycles. The predicted octanol–water partition coefficient (Wildman–Crippen LogP) is 3.61. The molecule has 4 amide bonds. The number of rotatable bonds is 7. The van der Waals surface area contributed by atoms with Crippen molar-refractivity contribution in [1.29, 1.82) is 0 Å². The van der Waals surface area contributed by atoms with Gasteiger partial charge in [-0.25, -0.2) is 18.4 Å². The van der Waals surface area contributed by atoms with Crippen molar-refractivity contribution in [2.45, 2.75) is 101 Å². The fourth-order valence-electron chi connectivity index (χ4n) is 8.10. The minimum atomic E-state index is -3.89. The van der Waals surface area contributed by atoms with Crippen LogP contribution in [0.4, 0.5) is 0 Å². The third-order valence-corrected chi connectivity index (χ3v) is 13.3. The van der Waals surface area contributed by atoms with E-state index in [1.54, 1.807) is 13.8 Å². The molecule has 3 aromatic rings. The number of aromatic nitrogens is 2. The van der Waals surface area contributed by atoms with Gasteiger partial charge in [0.1, 0.15) is 35.3 Å². The fourth-order valence-corrected chi connectivity index (χ4v) is 9.46. The Bertz CT molecular complexity index is 2230. The number of nitrogens with one attached hydrogen (secondary N) is 3. The molecule has 14 nitrogen and oxygen atoms in total. The zero-order chi connectivity index (χ0) is 39.2. The maximum atomic E-state index is 14.7. The van der Waals surface area contributed by atoms with E-state index in [1.807, 2.05) is 60.7 Å². The maximum Gasteiger partial charge on any atom is 0.259 e. The van der Waals surface area contributed by atoms with Crippen LogP contribution in [-0.2, 0) is 29.2 Å². The Kier molecular flexibility index (Phi) is 9.97. The topological polar surface area (TPSA) is 189 Å². The van der Waals surface area contributed by atoms with Crippen LogP contribution in [0, 0.1) is 19.8 Å². The maximum absolute atomic E-state index is 14.7. The van der Waals surface area contributed by atoms with E-state index in [9.17, 15) is 27.6 Å². The minimum absolute atomic E-state index is 0.0192. The van der Waals surface area contributed by atoms with Crippen molar-refractivity contribution in [1.82, 2.24) is 30.2 Å². The van der Waals surface area contributed by atoms with E-state index in [-0.39, 0.29) is 24.9 Å².